The van der Waals surface area contributed by atoms with Crippen LogP contribution >= 0.6 is 0 Å². The van der Waals surface area contributed by atoms with Crippen LogP contribution in [0, 0.1) is 0 Å². The predicted molar refractivity (Wildman–Crippen MR) is 58.1 cm³/mol. The zero-order valence-electron chi connectivity index (χ0n) is 8.86. The van der Waals surface area contributed by atoms with Crippen LogP contribution in [0.5, 0.6) is 0 Å². The number of H-pyrrole nitrogens is 1. The number of fused-ring (bicyclic) bond motifs is 1. The van der Waals surface area contributed by atoms with E-state index >= 15 is 0 Å². The second-order valence-electron chi connectivity index (χ2n) is 3.25. The normalized spacial score (nSPS) is 10.6. The monoisotopic (exact) mass is 220 g/mol. The molecule has 84 valence electrons. The molecule has 0 aliphatic rings. The van der Waals surface area contributed by atoms with E-state index in [1.807, 2.05) is 0 Å². The largest absolute Gasteiger partial charge is 0.383 e. The molecule has 1 amide bonds. The maximum atomic E-state index is 11.6. The Bertz CT molecular complexity index is 494. The molecule has 0 aromatic carbocycles. The van der Waals surface area contributed by atoms with Gasteiger partial charge < -0.3 is 15.0 Å². The lowest BCUT2D eigenvalue weighted by molar-refractivity contribution is 0.0937. The molecule has 2 rings (SSSR count). The Labute approximate surface area is 92.0 Å². The number of aromatic nitrogens is 3. The summed E-state index contributed by atoms with van der Waals surface area (Å²) in [4.78, 5) is 22.6. The van der Waals surface area contributed by atoms with Gasteiger partial charge in [0.25, 0.3) is 5.91 Å². The number of nitrogens with one attached hydrogen (secondary N) is 2. The van der Waals surface area contributed by atoms with Crippen LogP contribution in [-0.2, 0) is 4.74 Å². The summed E-state index contributed by atoms with van der Waals surface area (Å²) < 4.78 is 4.84. The fraction of sp³-hybridized carbons (Fsp3) is 0.300. The van der Waals surface area contributed by atoms with E-state index in [9.17, 15) is 4.79 Å². The van der Waals surface area contributed by atoms with Crippen molar-refractivity contribution in [3.05, 3.63) is 24.2 Å². The number of ether oxygens (including phenoxy) is 1. The van der Waals surface area contributed by atoms with Crippen LogP contribution < -0.4 is 5.32 Å². The quantitative estimate of drug-likeness (QED) is 0.728. The average molecular weight is 220 g/mol. The molecule has 0 radical (unpaired) electrons. The summed E-state index contributed by atoms with van der Waals surface area (Å²) >= 11 is 0. The second kappa shape index (κ2) is 4.71. The van der Waals surface area contributed by atoms with Crippen LogP contribution in [0.3, 0.4) is 0 Å². The number of methoxy groups -OCH3 is 1. The van der Waals surface area contributed by atoms with Gasteiger partial charge in [0.15, 0.2) is 5.65 Å². The number of rotatable bonds is 4. The van der Waals surface area contributed by atoms with Crippen molar-refractivity contribution >= 4 is 17.1 Å². The highest BCUT2D eigenvalue weighted by Crippen LogP contribution is 2.07. The highest BCUT2D eigenvalue weighted by Gasteiger charge is 2.07. The zero-order valence-corrected chi connectivity index (χ0v) is 8.86. The summed E-state index contributed by atoms with van der Waals surface area (Å²) in [5.41, 5.74) is 1.86. The Balaban J connectivity index is 2.10. The molecule has 0 spiro atoms. The highest BCUT2D eigenvalue weighted by molar-refractivity contribution is 5.96. The van der Waals surface area contributed by atoms with Crippen LogP contribution in [0.1, 0.15) is 10.4 Å². The van der Waals surface area contributed by atoms with E-state index in [2.05, 4.69) is 20.3 Å². The Morgan fingerprint density at radius 2 is 2.44 bits per heavy atom. The van der Waals surface area contributed by atoms with Crippen LogP contribution in [0.15, 0.2) is 18.6 Å². The first kappa shape index (κ1) is 10.6. The van der Waals surface area contributed by atoms with Crippen LogP contribution in [-0.4, -0.2) is 41.1 Å². The first-order valence-corrected chi connectivity index (χ1v) is 4.87. The molecule has 2 aromatic rings. The molecule has 16 heavy (non-hydrogen) atoms. The average Bonchev–Trinajstić information content (AvgIpc) is 2.76. The Hall–Kier alpha value is -1.95. The summed E-state index contributed by atoms with van der Waals surface area (Å²) in [6.45, 7) is 0.974. The van der Waals surface area contributed by atoms with Crippen molar-refractivity contribution in [2.75, 3.05) is 20.3 Å². The summed E-state index contributed by atoms with van der Waals surface area (Å²) in [6.07, 6.45) is 3.05. The van der Waals surface area contributed by atoms with E-state index in [1.165, 1.54) is 6.20 Å². The Morgan fingerprint density at radius 1 is 1.56 bits per heavy atom. The van der Waals surface area contributed by atoms with Gasteiger partial charge in [-0.3, -0.25) is 4.79 Å². The van der Waals surface area contributed by atoms with Gasteiger partial charge in [-0.1, -0.05) is 0 Å². The van der Waals surface area contributed by atoms with Crippen molar-refractivity contribution in [2.24, 2.45) is 0 Å². The third-order valence-electron chi connectivity index (χ3n) is 2.13. The van der Waals surface area contributed by atoms with Gasteiger partial charge in [-0.05, 0) is 6.07 Å². The SMILES string of the molecule is COCCNC(=O)c1cnc2nc[nH]c2c1. The second-order valence-corrected chi connectivity index (χ2v) is 3.25. The van der Waals surface area contributed by atoms with Crippen LogP contribution in [0.2, 0.25) is 0 Å². The summed E-state index contributed by atoms with van der Waals surface area (Å²) in [6, 6.07) is 1.72. The lowest BCUT2D eigenvalue weighted by Crippen LogP contribution is -2.26. The van der Waals surface area contributed by atoms with Gasteiger partial charge in [0.2, 0.25) is 0 Å². The summed E-state index contributed by atoms with van der Waals surface area (Å²) in [5, 5.41) is 2.72. The number of aromatic amines is 1. The molecule has 0 aliphatic carbocycles. The number of hydrogen-bond donors (Lipinski definition) is 2. The minimum absolute atomic E-state index is 0.166. The molecule has 0 bridgehead atoms. The van der Waals surface area contributed by atoms with Crippen molar-refractivity contribution in [1.29, 1.82) is 0 Å². The number of imidazole rings is 1. The van der Waals surface area contributed by atoms with E-state index in [-0.39, 0.29) is 5.91 Å². The number of carbonyl (C=O) groups excluding carboxylic acids is 1. The van der Waals surface area contributed by atoms with Gasteiger partial charge in [0.05, 0.1) is 24.0 Å². The zero-order chi connectivity index (χ0) is 11.4. The maximum Gasteiger partial charge on any atom is 0.253 e. The minimum atomic E-state index is -0.166. The molecule has 0 fully saturated rings. The molecule has 6 heteroatoms. The van der Waals surface area contributed by atoms with Crippen LogP contribution in [0.25, 0.3) is 11.2 Å². The van der Waals surface area contributed by atoms with Gasteiger partial charge >= 0.3 is 0 Å². The van der Waals surface area contributed by atoms with Crippen molar-refractivity contribution < 1.29 is 9.53 Å². The molecule has 6 nitrogen and oxygen atoms in total. The number of amides is 1. The molecular weight excluding hydrogens is 208 g/mol. The van der Waals surface area contributed by atoms with Gasteiger partial charge in [-0.25, -0.2) is 9.97 Å². The van der Waals surface area contributed by atoms with E-state index in [0.717, 1.165) is 5.52 Å². The fourth-order valence-electron chi connectivity index (χ4n) is 1.32. The predicted octanol–water partition coefficient (Wildman–Crippen LogP) is 0.334. The minimum Gasteiger partial charge on any atom is -0.383 e. The molecule has 2 N–H and O–H groups in total. The van der Waals surface area contributed by atoms with Crippen molar-refractivity contribution in [1.82, 2.24) is 20.3 Å². The fourth-order valence-corrected chi connectivity index (χ4v) is 1.32. The molecule has 0 saturated carbocycles. The van der Waals surface area contributed by atoms with Crippen molar-refractivity contribution in [2.45, 2.75) is 0 Å². The highest BCUT2D eigenvalue weighted by atomic mass is 16.5. The van der Waals surface area contributed by atoms with Crippen molar-refractivity contribution in [3.8, 4) is 0 Å². The first-order valence-electron chi connectivity index (χ1n) is 4.87. The number of nitrogens with zero attached hydrogens (tertiary/aromatic N) is 2. The molecular formula is C10H12N4O2. The maximum absolute atomic E-state index is 11.6. The van der Waals surface area contributed by atoms with E-state index in [0.29, 0.717) is 24.4 Å². The molecule has 0 unspecified atom stereocenters. The Kier molecular flexibility index (Phi) is 3.11. The van der Waals surface area contributed by atoms with Gasteiger partial charge in [0, 0.05) is 19.9 Å². The van der Waals surface area contributed by atoms with Crippen LogP contribution in [0.4, 0.5) is 0 Å². The number of carbonyl (C=O) groups is 1. The van der Waals surface area contributed by atoms with E-state index < -0.39 is 0 Å². The van der Waals surface area contributed by atoms with Gasteiger partial charge in [0.1, 0.15) is 0 Å². The molecule has 0 atom stereocenters. The Morgan fingerprint density at radius 3 is 3.25 bits per heavy atom. The molecule has 2 aromatic heterocycles. The summed E-state index contributed by atoms with van der Waals surface area (Å²) in [5.74, 6) is -0.166. The number of hydrogen-bond acceptors (Lipinski definition) is 4. The lowest BCUT2D eigenvalue weighted by atomic mass is 10.2. The topological polar surface area (TPSA) is 79.9 Å². The first-order chi connectivity index (χ1) is 7.81. The van der Waals surface area contributed by atoms with Gasteiger partial charge in [-0.2, -0.15) is 0 Å². The third kappa shape index (κ3) is 2.17. The molecule has 0 saturated heterocycles. The summed E-state index contributed by atoms with van der Waals surface area (Å²) in [7, 11) is 1.59. The van der Waals surface area contributed by atoms with E-state index in [4.69, 9.17) is 4.74 Å². The number of pyridine rings is 1. The third-order valence-corrected chi connectivity index (χ3v) is 2.13. The lowest BCUT2D eigenvalue weighted by Gasteiger charge is -2.03. The molecule has 0 aliphatic heterocycles. The van der Waals surface area contributed by atoms with Gasteiger partial charge in [-0.15, -0.1) is 0 Å². The van der Waals surface area contributed by atoms with E-state index in [1.54, 1.807) is 19.5 Å². The molecule has 2 heterocycles. The smallest absolute Gasteiger partial charge is 0.253 e. The standard InChI is InChI=1S/C10H12N4O2/c1-16-3-2-11-10(15)7-4-8-9(12-5-7)14-6-13-8/h4-6H,2-3H2,1H3,(H,11,15)(H,12,13,14). The van der Waals surface area contributed by atoms with Crippen molar-refractivity contribution in [3.63, 3.8) is 0 Å².